The Bertz CT molecular complexity index is 3150. The van der Waals surface area contributed by atoms with Crippen molar-refractivity contribution in [3.05, 3.63) is 201 Å². The number of hydrogen-bond acceptors (Lipinski definition) is 0. The van der Waals surface area contributed by atoms with E-state index in [2.05, 4.69) is 140 Å². The molecule has 0 nitrogen and oxygen atoms in total. The summed E-state index contributed by atoms with van der Waals surface area (Å²) >= 11 is 0. The predicted octanol–water partition coefficient (Wildman–Crippen LogP) is 13.4. The van der Waals surface area contributed by atoms with Gasteiger partial charge in [0.05, 0.1) is 0 Å². The van der Waals surface area contributed by atoms with Crippen molar-refractivity contribution in [1.82, 2.24) is 0 Å². The smallest absolute Gasteiger partial charge is 0.0365 e. The molecule has 9 aromatic rings. The van der Waals surface area contributed by atoms with Crippen LogP contribution in [0.25, 0.3) is 88.3 Å². The van der Waals surface area contributed by atoms with Gasteiger partial charge in [-0.25, -0.2) is 0 Å². The first-order chi connectivity index (χ1) is 27.3. The fraction of sp³-hybridized carbons (Fsp3) is 0.0909. The third-order valence-electron chi connectivity index (χ3n) is 14.6. The highest BCUT2D eigenvalue weighted by atomic mass is 14.4. The van der Waals surface area contributed by atoms with Gasteiger partial charge in [-0.3, -0.25) is 0 Å². The van der Waals surface area contributed by atoms with E-state index in [0.717, 1.165) is 25.7 Å². The first-order valence-electron chi connectivity index (χ1n) is 20.1. The molecule has 0 atom stereocenters. The van der Waals surface area contributed by atoms with Crippen LogP contribution in [0.4, 0.5) is 0 Å². The highest BCUT2D eigenvalue weighted by molar-refractivity contribution is 6.18. The van der Waals surface area contributed by atoms with Gasteiger partial charge in [-0.15, -0.1) is 0 Å². The molecule has 55 heavy (non-hydrogen) atoms. The molecule has 0 fully saturated rings. The Morgan fingerprint density at radius 1 is 0.309 bits per heavy atom. The van der Waals surface area contributed by atoms with Gasteiger partial charge in [-0.1, -0.05) is 115 Å². The molecule has 0 spiro atoms. The summed E-state index contributed by atoms with van der Waals surface area (Å²) in [7, 11) is 0. The van der Waals surface area contributed by atoms with E-state index in [0.29, 0.717) is 0 Å². The summed E-state index contributed by atoms with van der Waals surface area (Å²) in [6, 6.07) is 54.6. The summed E-state index contributed by atoms with van der Waals surface area (Å²) in [5, 5.41) is 5.92. The molecule has 0 unspecified atom stereocenters. The molecule has 0 N–H and O–H groups in total. The summed E-state index contributed by atoms with van der Waals surface area (Å²) in [5.74, 6) is 0.149. The van der Waals surface area contributed by atoms with E-state index < -0.39 is 0 Å². The number of benzene rings is 9. The van der Waals surface area contributed by atoms with Crippen molar-refractivity contribution in [2.24, 2.45) is 0 Å². The number of fused-ring (bicyclic) bond motifs is 20. The summed E-state index contributed by atoms with van der Waals surface area (Å²) in [5.41, 5.74) is 33.7. The van der Waals surface area contributed by atoms with Gasteiger partial charge in [-0.2, -0.15) is 0 Å². The SMILES string of the molecule is c1ccc2c(c1)Cc1c-2cc2c3c(cc4c2c1-c1cccc2c1C4c1cc4c(c5cc6c(c-2c15)Cc1ccccc1-6)Cc1ccccc1-4)-c1ccccc1C3. The normalized spacial score (nSPS) is 14.9. The zero-order valence-corrected chi connectivity index (χ0v) is 30.2. The van der Waals surface area contributed by atoms with Crippen LogP contribution in [0, 0.1) is 0 Å². The fourth-order valence-corrected chi connectivity index (χ4v) is 12.5. The maximum atomic E-state index is 2.66. The summed E-state index contributed by atoms with van der Waals surface area (Å²) in [4.78, 5) is 0. The van der Waals surface area contributed by atoms with Crippen LogP contribution in [0.5, 0.6) is 0 Å². The van der Waals surface area contributed by atoms with Crippen LogP contribution in [-0.4, -0.2) is 0 Å². The molecule has 0 radical (unpaired) electrons. The molecule has 0 heteroatoms. The Morgan fingerprint density at radius 2 is 0.655 bits per heavy atom. The van der Waals surface area contributed by atoms with E-state index in [4.69, 9.17) is 0 Å². The van der Waals surface area contributed by atoms with Crippen molar-refractivity contribution >= 4 is 21.5 Å². The van der Waals surface area contributed by atoms with Crippen molar-refractivity contribution in [3.63, 3.8) is 0 Å². The monoisotopic (exact) mass is 692 g/mol. The van der Waals surface area contributed by atoms with Gasteiger partial charge in [0.15, 0.2) is 0 Å². The first kappa shape index (κ1) is 28.0. The molecule has 0 aliphatic heterocycles. The van der Waals surface area contributed by atoms with Crippen LogP contribution in [0.3, 0.4) is 0 Å². The molecule has 0 saturated carbocycles. The Labute approximate surface area is 319 Å². The second kappa shape index (κ2) is 9.41. The quantitative estimate of drug-likeness (QED) is 0.148. The lowest BCUT2D eigenvalue weighted by Crippen LogP contribution is -2.18. The van der Waals surface area contributed by atoms with E-state index in [1.54, 1.807) is 0 Å². The molecule has 0 aromatic heterocycles. The van der Waals surface area contributed by atoms with Crippen molar-refractivity contribution in [2.45, 2.75) is 31.6 Å². The van der Waals surface area contributed by atoms with E-state index in [1.165, 1.54) is 150 Å². The lowest BCUT2D eigenvalue weighted by Gasteiger charge is -2.38. The predicted molar refractivity (Wildman–Crippen MR) is 226 cm³/mol. The van der Waals surface area contributed by atoms with Crippen molar-refractivity contribution in [1.29, 1.82) is 0 Å². The van der Waals surface area contributed by atoms with Gasteiger partial charge in [0.25, 0.3) is 0 Å². The van der Waals surface area contributed by atoms with E-state index >= 15 is 0 Å². The third-order valence-corrected chi connectivity index (χ3v) is 14.6. The van der Waals surface area contributed by atoms with Crippen LogP contribution in [0.15, 0.2) is 140 Å². The third kappa shape index (κ3) is 3.19. The Balaban J connectivity index is 1.15. The lowest BCUT2D eigenvalue weighted by atomic mass is 9.64. The zero-order chi connectivity index (χ0) is 35.3. The second-order valence-electron chi connectivity index (χ2n) is 16.9. The topological polar surface area (TPSA) is 0 Å². The molecule has 0 amide bonds. The van der Waals surface area contributed by atoms with Crippen LogP contribution in [0.1, 0.15) is 67.1 Å². The van der Waals surface area contributed by atoms with E-state index in [1.807, 2.05) is 0 Å². The number of rotatable bonds is 0. The van der Waals surface area contributed by atoms with Gasteiger partial charge >= 0.3 is 0 Å². The lowest BCUT2D eigenvalue weighted by molar-refractivity contribution is 0.984. The van der Waals surface area contributed by atoms with Crippen molar-refractivity contribution in [2.75, 3.05) is 0 Å². The second-order valence-corrected chi connectivity index (χ2v) is 16.9. The summed E-state index contributed by atoms with van der Waals surface area (Å²) in [6.45, 7) is 0. The largest absolute Gasteiger partial charge is 0.0619 e. The fourth-order valence-electron chi connectivity index (χ4n) is 12.5. The molecular weight excluding hydrogens is 661 g/mol. The molecule has 15 rings (SSSR count). The highest BCUT2D eigenvalue weighted by Crippen LogP contribution is 2.63. The minimum atomic E-state index is 0.149. The standard InChI is InChI=1S/C55H32/c1-5-14-32-28(10-1)20-38-40(32)26-48-53-46(38)24-42-34-16-7-3-12-30(34)22-44(42)51(53)36-18-9-19-37-50(36)55(48)49-27-41-33-15-6-2-11-29(33)21-39(41)47-25-43-35-17-8-4-13-31(35)23-45(43)52(37)54(47)49/h1-19,24-27,55H,20-23H2. The van der Waals surface area contributed by atoms with Gasteiger partial charge in [0, 0.05) is 5.92 Å². The summed E-state index contributed by atoms with van der Waals surface area (Å²) in [6.07, 6.45) is 3.97. The van der Waals surface area contributed by atoms with Gasteiger partial charge in [0.2, 0.25) is 0 Å². The first-order valence-corrected chi connectivity index (χ1v) is 20.1. The van der Waals surface area contributed by atoms with E-state index in [9.17, 15) is 0 Å². The Kier molecular flexibility index (Phi) is 4.79. The average molecular weight is 693 g/mol. The molecule has 6 aliphatic carbocycles. The average Bonchev–Trinajstić information content (AvgIpc) is 4.00. The minimum absolute atomic E-state index is 0.149. The maximum absolute atomic E-state index is 2.66. The molecule has 0 bridgehead atoms. The van der Waals surface area contributed by atoms with E-state index in [-0.39, 0.29) is 5.92 Å². The van der Waals surface area contributed by atoms with Crippen LogP contribution < -0.4 is 0 Å². The van der Waals surface area contributed by atoms with Crippen LogP contribution >= 0.6 is 0 Å². The summed E-state index contributed by atoms with van der Waals surface area (Å²) < 4.78 is 0. The molecule has 6 aliphatic rings. The molecule has 0 saturated heterocycles. The maximum Gasteiger partial charge on any atom is 0.0365 e. The van der Waals surface area contributed by atoms with Crippen molar-refractivity contribution < 1.29 is 0 Å². The van der Waals surface area contributed by atoms with Crippen LogP contribution in [-0.2, 0) is 25.7 Å². The van der Waals surface area contributed by atoms with Crippen LogP contribution in [0.2, 0.25) is 0 Å². The van der Waals surface area contributed by atoms with Gasteiger partial charge < -0.3 is 0 Å². The molecule has 0 heterocycles. The van der Waals surface area contributed by atoms with Crippen molar-refractivity contribution in [3.8, 4) is 66.8 Å². The minimum Gasteiger partial charge on any atom is -0.0619 e. The molecule has 9 aromatic carbocycles. The van der Waals surface area contributed by atoms with Gasteiger partial charge in [-0.05, 0) is 199 Å². The zero-order valence-electron chi connectivity index (χ0n) is 30.2. The Hall–Kier alpha value is -6.50. The molecular formula is C55H32. The highest BCUT2D eigenvalue weighted by Gasteiger charge is 2.42. The van der Waals surface area contributed by atoms with Gasteiger partial charge in [0.1, 0.15) is 0 Å². The number of hydrogen-bond donors (Lipinski definition) is 0. The Morgan fingerprint density at radius 3 is 1.07 bits per heavy atom. The molecule has 252 valence electrons.